The molecule has 1 aliphatic heterocycles. The Balaban J connectivity index is 1.89. The molecule has 94 valence electrons. The van der Waals surface area contributed by atoms with Gasteiger partial charge in [0.2, 0.25) is 0 Å². The molecule has 1 unspecified atom stereocenters. The van der Waals surface area contributed by atoms with E-state index in [9.17, 15) is 4.79 Å². The van der Waals surface area contributed by atoms with Crippen LogP contribution in [0.5, 0.6) is 0 Å². The van der Waals surface area contributed by atoms with Crippen molar-refractivity contribution in [3.05, 3.63) is 10.0 Å². The van der Waals surface area contributed by atoms with Crippen LogP contribution < -0.4 is 0 Å². The van der Waals surface area contributed by atoms with Crippen LogP contribution in [0.1, 0.15) is 12.1 Å². The van der Waals surface area contributed by atoms with Gasteiger partial charge >= 0.3 is 5.97 Å². The van der Waals surface area contributed by atoms with Crippen molar-refractivity contribution >= 4 is 29.1 Å². The van der Waals surface area contributed by atoms with E-state index in [1.807, 2.05) is 0 Å². The number of aromatic nitrogens is 2. The van der Waals surface area contributed by atoms with Gasteiger partial charge in [-0.2, -0.15) is 0 Å². The zero-order valence-electron chi connectivity index (χ0n) is 9.00. The van der Waals surface area contributed by atoms with Crippen molar-refractivity contribution < 1.29 is 14.6 Å². The second kappa shape index (κ2) is 5.72. The Morgan fingerprint density at radius 1 is 1.71 bits per heavy atom. The number of halogens is 1. The highest BCUT2D eigenvalue weighted by Crippen LogP contribution is 2.20. The quantitative estimate of drug-likeness (QED) is 0.880. The van der Waals surface area contributed by atoms with Gasteiger partial charge in [0.05, 0.1) is 19.1 Å². The highest BCUT2D eigenvalue weighted by Gasteiger charge is 2.23. The first-order valence-electron chi connectivity index (χ1n) is 5.17. The Labute approximate surface area is 107 Å². The van der Waals surface area contributed by atoms with Gasteiger partial charge in [-0.1, -0.05) is 16.1 Å². The Bertz CT molecular complexity index is 401. The molecule has 6 nitrogen and oxygen atoms in total. The summed E-state index contributed by atoms with van der Waals surface area (Å²) in [7, 11) is 0. The molecule has 17 heavy (non-hydrogen) atoms. The summed E-state index contributed by atoms with van der Waals surface area (Å²) in [6.45, 7) is 2.46. The summed E-state index contributed by atoms with van der Waals surface area (Å²) in [5, 5.41) is 12.6. The monoisotopic (exact) mass is 277 g/mol. The molecule has 1 aromatic heterocycles. The minimum atomic E-state index is -0.842. The smallest absolute Gasteiger partial charge is 0.306 e. The van der Waals surface area contributed by atoms with Gasteiger partial charge in [-0.05, 0) is 0 Å². The van der Waals surface area contributed by atoms with Gasteiger partial charge in [0, 0.05) is 31.2 Å². The summed E-state index contributed by atoms with van der Waals surface area (Å²) in [5.74, 6) is -0.842. The molecule has 1 aromatic rings. The van der Waals surface area contributed by atoms with E-state index in [-0.39, 0.29) is 12.5 Å². The number of carboxylic acids is 1. The predicted octanol–water partition coefficient (Wildman–Crippen LogP) is 0.867. The Morgan fingerprint density at radius 3 is 3.18 bits per heavy atom. The zero-order chi connectivity index (χ0) is 12.3. The number of carboxylic acid groups (broad SMARTS) is 1. The van der Waals surface area contributed by atoms with Gasteiger partial charge in [0.1, 0.15) is 10.0 Å². The molecule has 0 saturated carbocycles. The van der Waals surface area contributed by atoms with Crippen LogP contribution >= 0.6 is 23.1 Å². The maximum absolute atomic E-state index is 10.6. The first kappa shape index (κ1) is 12.7. The van der Waals surface area contributed by atoms with E-state index in [1.165, 1.54) is 0 Å². The highest BCUT2D eigenvalue weighted by atomic mass is 35.5. The average molecular weight is 278 g/mol. The molecule has 2 rings (SSSR count). The Kier molecular flexibility index (Phi) is 4.27. The van der Waals surface area contributed by atoms with Crippen LogP contribution in [0.25, 0.3) is 0 Å². The van der Waals surface area contributed by atoms with E-state index in [4.69, 9.17) is 21.4 Å². The van der Waals surface area contributed by atoms with Crippen molar-refractivity contribution in [2.45, 2.75) is 19.1 Å². The molecule has 1 atom stereocenters. The van der Waals surface area contributed by atoms with Gasteiger partial charge in [-0.25, -0.2) is 0 Å². The summed E-state index contributed by atoms with van der Waals surface area (Å²) in [4.78, 5) is 12.7. The lowest BCUT2D eigenvalue weighted by Gasteiger charge is -2.31. The van der Waals surface area contributed by atoms with Crippen LogP contribution in [0, 0.1) is 0 Å². The highest BCUT2D eigenvalue weighted by molar-refractivity contribution is 7.10. The number of aliphatic carboxylic acids is 1. The third kappa shape index (κ3) is 3.60. The Morgan fingerprint density at radius 2 is 2.53 bits per heavy atom. The summed E-state index contributed by atoms with van der Waals surface area (Å²) < 4.78 is 9.73. The van der Waals surface area contributed by atoms with Crippen LogP contribution in [0.2, 0.25) is 4.34 Å². The second-order valence-electron chi connectivity index (χ2n) is 3.82. The molecular formula is C9H12ClN3O3S. The van der Waals surface area contributed by atoms with Crippen molar-refractivity contribution in [2.24, 2.45) is 0 Å². The predicted molar refractivity (Wildman–Crippen MR) is 62.2 cm³/mol. The molecule has 0 bridgehead atoms. The van der Waals surface area contributed by atoms with E-state index in [0.29, 0.717) is 24.0 Å². The lowest BCUT2D eigenvalue weighted by Crippen LogP contribution is -2.42. The average Bonchev–Trinajstić information content (AvgIpc) is 2.64. The molecule has 8 heteroatoms. The fourth-order valence-electron chi connectivity index (χ4n) is 1.75. The molecule has 1 N–H and O–H groups in total. The fraction of sp³-hybridized carbons (Fsp3) is 0.667. The first-order valence-corrected chi connectivity index (χ1v) is 6.33. The topological polar surface area (TPSA) is 75.5 Å². The van der Waals surface area contributed by atoms with Gasteiger partial charge in [-0.3, -0.25) is 9.69 Å². The number of hydrogen-bond donors (Lipinski definition) is 1. The third-order valence-corrected chi connectivity index (χ3v) is 3.49. The minimum absolute atomic E-state index is 0.0273. The maximum Gasteiger partial charge on any atom is 0.306 e. The van der Waals surface area contributed by atoms with Gasteiger partial charge in [0.15, 0.2) is 0 Å². The van der Waals surface area contributed by atoms with Crippen molar-refractivity contribution in [1.82, 2.24) is 14.5 Å². The van der Waals surface area contributed by atoms with Crippen molar-refractivity contribution in [1.29, 1.82) is 0 Å². The SMILES string of the molecule is O=C(O)CC1CN(Cc2nnsc2Cl)CCO1. The molecule has 1 aliphatic rings. The molecule has 1 saturated heterocycles. The zero-order valence-corrected chi connectivity index (χ0v) is 10.6. The normalized spacial score (nSPS) is 21.6. The van der Waals surface area contributed by atoms with Crippen LogP contribution in [0.4, 0.5) is 0 Å². The number of hydrogen-bond acceptors (Lipinski definition) is 6. The fourth-order valence-corrected chi connectivity index (χ4v) is 2.36. The summed E-state index contributed by atoms with van der Waals surface area (Å²) in [6.07, 6.45) is -0.230. The van der Waals surface area contributed by atoms with Crippen LogP contribution in [-0.4, -0.2) is 51.4 Å². The largest absolute Gasteiger partial charge is 0.481 e. The molecule has 0 aliphatic carbocycles. The molecule has 0 radical (unpaired) electrons. The second-order valence-corrected chi connectivity index (χ2v) is 5.18. The molecule has 1 fully saturated rings. The summed E-state index contributed by atoms with van der Waals surface area (Å²) in [5.41, 5.74) is 0.743. The lowest BCUT2D eigenvalue weighted by molar-refractivity contribution is -0.142. The van der Waals surface area contributed by atoms with Crippen molar-refractivity contribution in [2.75, 3.05) is 19.7 Å². The van der Waals surface area contributed by atoms with Gasteiger partial charge < -0.3 is 9.84 Å². The van der Waals surface area contributed by atoms with Crippen LogP contribution in [0.3, 0.4) is 0 Å². The molecule has 2 heterocycles. The van der Waals surface area contributed by atoms with E-state index < -0.39 is 5.97 Å². The Hall–Kier alpha value is -0.760. The standard InChI is InChI=1S/C9H12ClN3O3S/c10-9-7(11-12-17-9)5-13-1-2-16-6(4-13)3-8(14)15/h6H,1-5H2,(H,14,15). The summed E-state index contributed by atoms with van der Waals surface area (Å²) in [6, 6.07) is 0. The molecule has 0 spiro atoms. The molecule has 0 amide bonds. The van der Waals surface area contributed by atoms with Crippen LogP contribution in [-0.2, 0) is 16.1 Å². The van der Waals surface area contributed by atoms with Gasteiger partial charge in [-0.15, -0.1) is 5.10 Å². The maximum atomic E-state index is 10.6. The lowest BCUT2D eigenvalue weighted by atomic mass is 10.2. The number of morpholine rings is 1. The number of rotatable bonds is 4. The number of carbonyl (C=O) groups is 1. The third-order valence-electron chi connectivity index (χ3n) is 2.51. The number of ether oxygens (including phenoxy) is 1. The van der Waals surface area contributed by atoms with Crippen molar-refractivity contribution in [3.63, 3.8) is 0 Å². The van der Waals surface area contributed by atoms with E-state index in [0.717, 1.165) is 23.8 Å². The van der Waals surface area contributed by atoms with E-state index in [1.54, 1.807) is 0 Å². The van der Waals surface area contributed by atoms with E-state index >= 15 is 0 Å². The molecular weight excluding hydrogens is 266 g/mol. The van der Waals surface area contributed by atoms with Crippen molar-refractivity contribution in [3.8, 4) is 0 Å². The summed E-state index contributed by atoms with van der Waals surface area (Å²) >= 11 is 7.08. The first-order chi connectivity index (χ1) is 8.15. The van der Waals surface area contributed by atoms with E-state index in [2.05, 4.69) is 14.5 Å². The molecule has 0 aromatic carbocycles. The number of nitrogens with zero attached hydrogens (tertiary/aromatic N) is 3. The van der Waals surface area contributed by atoms with Gasteiger partial charge in [0.25, 0.3) is 0 Å². The minimum Gasteiger partial charge on any atom is -0.481 e. The van der Waals surface area contributed by atoms with Crippen LogP contribution in [0.15, 0.2) is 0 Å².